The van der Waals surface area contributed by atoms with E-state index in [0.717, 1.165) is 11.1 Å². The second-order valence-corrected chi connectivity index (χ2v) is 25.3. The summed E-state index contributed by atoms with van der Waals surface area (Å²) in [7, 11) is 5.66. The highest BCUT2D eigenvalue weighted by Crippen LogP contribution is 2.59. The number of primary amides is 1. The summed E-state index contributed by atoms with van der Waals surface area (Å²) in [6.45, 7) is 20.1. The summed E-state index contributed by atoms with van der Waals surface area (Å²) in [6.07, 6.45) is 0.312. The molecule has 9 N–H and O–H groups in total. The summed E-state index contributed by atoms with van der Waals surface area (Å²) >= 11 is 0. The van der Waals surface area contributed by atoms with Crippen molar-refractivity contribution >= 4 is 25.7 Å². The molecule has 25 heteroatoms. The lowest BCUT2D eigenvalue weighted by atomic mass is 9.72. The summed E-state index contributed by atoms with van der Waals surface area (Å²) in [5, 5.41) is 47.9. The number of carbonyl (C=O) groups is 2. The van der Waals surface area contributed by atoms with Gasteiger partial charge in [0.1, 0.15) is 48.6 Å². The summed E-state index contributed by atoms with van der Waals surface area (Å²) in [4.78, 5) is 51.7. The second kappa shape index (κ2) is 32.8. The van der Waals surface area contributed by atoms with E-state index in [1.165, 1.54) is 33.7 Å². The third kappa shape index (κ3) is 19.4. The number of allylic oxidation sites excluding steroid dienone is 6. The van der Waals surface area contributed by atoms with Crippen molar-refractivity contribution in [2.24, 2.45) is 28.9 Å². The first-order valence-electron chi connectivity index (χ1n) is 29.0. The number of likely N-dealkylation sites (N-methyl/N-ethyl adjacent to an activating group) is 1. The number of rotatable bonds is 32. The fourth-order valence-electron chi connectivity index (χ4n) is 11.7. The standard InChI is InChI=1S/C60H101N4O20P/c1-32(25-47(61)66)21-19-22-33(2)34(3)26-35(4)48(67)38(7)43(65)28-45(75-15)52-55(84-85(71,72)73)59(10,11)60(83-52)29-46(81-58-54(78-18)53(77-17)51(76-16)40(9)80-58)39(8)44(82-60)24-20-23-41-30-79-57(63-41)36(5)27-37(6)62-56(70)50(69)49(68)42(31-74-14)64(12)13/h19-23,25-26,30,35-40,42-46,48-55,58,65,67-69H,24,27-29,31H2,1-18H3,(H2,61,66)(H,62,70)(H2,71,72,73)/b21-19+,23-20+,32-25-,33-22+,34-26+/t35-,36+,37-,38+,39-,40?,42?,43+,44+,45+,46+,48-,49+,50+,51?,52-,53?,54?,55+,58?,60?/m1/s1. The first-order valence-corrected chi connectivity index (χ1v) is 30.6. The van der Waals surface area contributed by atoms with Crippen LogP contribution in [0.5, 0.6) is 0 Å². The van der Waals surface area contributed by atoms with E-state index < -0.39 is 146 Å². The number of carbonyl (C=O) groups excluding carboxylic acids is 2. The number of aliphatic hydroxyl groups excluding tert-OH is 4. The van der Waals surface area contributed by atoms with Gasteiger partial charge in [-0.2, -0.15) is 0 Å². The van der Waals surface area contributed by atoms with Crippen LogP contribution in [0.4, 0.5) is 0 Å². The van der Waals surface area contributed by atoms with Crippen LogP contribution in [0.25, 0.3) is 6.08 Å². The number of methoxy groups -OCH3 is 5. The zero-order chi connectivity index (χ0) is 64.1. The Bertz CT molecular complexity index is 2480. The largest absolute Gasteiger partial charge is 0.469 e. The van der Waals surface area contributed by atoms with Crippen LogP contribution in [0.2, 0.25) is 0 Å². The average Bonchev–Trinajstić information content (AvgIpc) is 1.76. The van der Waals surface area contributed by atoms with Gasteiger partial charge in [0.2, 0.25) is 5.91 Å². The highest BCUT2D eigenvalue weighted by Gasteiger charge is 2.68. The average molecular weight is 1230 g/mol. The molecule has 3 aliphatic rings. The van der Waals surface area contributed by atoms with Crippen molar-refractivity contribution < 1.29 is 95.9 Å². The molecular weight excluding hydrogens is 1130 g/mol. The Balaban J connectivity index is 1.65. The minimum atomic E-state index is -5.26. The van der Waals surface area contributed by atoms with E-state index in [0.29, 0.717) is 23.6 Å². The number of amides is 2. The molecule has 0 aromatic carbocycles. The number of oxazole rings is 1. The molecule has 4 rings (SSSR count). The van der Waals surface area contributed by atoms with E-state index >= 15 is 0 Å². The Hall–Kier alpha value is -3.60. The van der Waals surface area contributed by atoms with Gasteiger partial charge in [-0.3, -0.25) is 14.1 Å². The number of nitrogens with two attached hydrogens (primary N) is 1. The van der Waals surface area contributed by atoms with Gasteiger partial charge in [0, 0.05) is 89.6 Å². The Kier molecular flexibility index (Phi) is 28.5. The Morgan fingerprint density at radius 1 is 0.929 bits per heavy atom. The van der Waals surface area contributed by atoms with Gasteiger partial charge < -0.3 is 93.2 Å². The predicted molar refractivity (Wildman–Crippen MR) is 316 cm³/mol. The second-order valence-electron chi connectivity index (χ2n) is 24.1. The molecule has 21 atom stereocenters. The molecule has 486 valence electrons. The predicted octanol–water partition coefficient (Wildman–Crippen LogP) is 4.85. The van der Waals surface area contributed by atoms with Crippen molar-refractivity contribution in [2.45, 2.75) is 211 Å². The molecule has 3 aliphatic heterocycles. The third-order valence-electron chi connectivity index (χ3n) is 17.1. The van der Waals surface area contributed by atoms with Crippen molar-refractivity contribution in [3.05, 3.63) is 71.0 Å². The van der Waals surface area contributed by atoms with E-state index in [-0.39, 0.29) is 31.8 Å². The van der Waals surface area contributed by atoms with Gasteiger partial charge in [0.25, 0.3) is 5.91 Å². The van der Waals surface area contributed by atoms with Crippen LogP contribution in [0.1, 0.15) is 119 Å². The molecule has 0 aliphatic carbocycles. The van der Waals surface area contributed by atoms with E-state index in [2.05, 4.69) is 5.32 Å². The summed E-state index contributed by atoms with van der Waals surface area (Å²) in [5.41, 5.74) is 6.83. The fraction of sp³-hybridized carbons (Fsp3) is 0.750. The Labute approximate surface area is 502 Å². The number of phosphoric ester groups is 1. The van der Waals surface area contributed by atoms with Gasteiger partial charge in [-0.1, -0.05) is 77.5 Å². The maximum Gasteiger partial charge on any atom is 0.469 e. The third-order valence-corrected chi connectivity index (χ3v) is 17.6. The highest BCUT2D eigenvalue weighted by molar-refractivity contribution is 7.46. The van der Waals surface area contributed by atoms with Crippen LogP contribution in [-0.2, 0) is 61.3 Å². The molecule has 0 saturated carbocycles. The first-order chi connectivity index (χ1) is 39.7. The van der Waals surface area contributed by atoms with Crippen LogP contribution >= 0.6 is 7.82 Å². The van der Waals surface area contributed by atoms with Crippen molar-refractivity contribution in [1.82, 2.24) is 15.2 Å². The van der Waals surface area contributed by atoms with E-state index in [4.69, 9.17) is 62.3 Å². The fourth-order valence-corrected chi connectivity index (χ4v) is 12.4. The van der Waals surface area contributed by atoms with Crippen LogP contribution < -0.4 is 11.1 Å². The molecule has 0 bridgehead atoms. The number of phosphoric acid groups is 1. The molecule has 85 heavy (non-hydrogen) atoms. The lowest BCUT2D eigenvalue weighted by Gasteiger charge is -2.52. The number of aliphatic hydroxyl groups is 4. The quantitative estimate of drug-likeness (QED) is 0.0271. The van der Waals surface area contributed by atoms with Gasteiger partial charge in [-0.15, -0.1) is 0 Å². The maximum atomic E-state index is 13.0. The zero-order valence-corrected chi connectivity index (χ0v) is 53.9. The van der Waals surface area contributed by atoms with Crippen LogP contribution in [-0.4, -0.2) is 212 Å². The Morgan fingerprint density at radius 3 is 2.15 bits per heavy atom. The first kappa shape index (κ1) is 73.9. The van der Waals surface area contributed by atoms with E-state index in [9.17, 15) is 44.4 Å². The van der Waals surface area contributed by atoms with Crippen molar-refractivity contribution in [1.29, 1.82) is 0 Å². The van der Waals surface area contributed by atoms with Crippen molar-refractivity contribution in [2.75, 3.05) is 56.3 Å². The van der Waals surface area contributed by atoms with Gasteiger partial charge in [-0.05, 0) is 78.8 Å². The molecule has 3 fully saturated rings. The molecule has 0 radical (unpaired) electrons. The van der Waals surface area contributed by atoms with Gasteiger partial charge in [-0.25, -0.2) is 9.55 Å². The van der Waals surface area contributed by atoms with Gasteiger partial charge in [0.15, 0.2) is 24.1 Å². The highest BCUT2D eigenvalue weighted by atomic mass is 31.2. The number of ether oxygens (including phenoxy) is 9. The van der Waals surface area contributed by atoms with Gasteiger partial charge in [0.05, 0.1) is 49.3 Å². The number of hydrogen-bond acceptors (Lipinski definition) is 20. The molecule has 7 unspecified atom stereocenters. The lowest BCUT2D eigenvalue weighted by molar-refractivity contribution is -0.366. The number of nitrogens with zero attached hydrogens (tertiary/aromatic N) is 2. The maximum absolute atomic E-state index is 13.0. The van der Waals surface area contributed by atoms with Crippen LogP contribution in [0.15, 0.2) is 63.9 Å². The number of aromatic nitrogens is 1. The smallest absolute Gasteiger partial charge is 0.448 e. The van der Waals surface area contributed by atoms with E-state index in [1.807, 2.05) is 59.8 Å². The summed E-state index contributed by atoms with van der Waals surface area (Å²) in [6, 6.07) is -1.06. The summed E-state index contributed by atoms with van der Waals surface area (Å²) in [5.74, 6) is -4.45. The molecule has 4 heterocycles. The zero-order valence-electron chi connectivity index (χ0n) is 53.0. The molecule has 24 nitrogen and oxygen atoms in total. The molecule has 2 amide bonds. The van der Waals surface area contributed by atoms with E-state index in [1.54, 1.807) is 86.1 Å². The minimum absolute atomic E-state index is 0.00700. The topological polar surface area (TPSA) is 332 Å². The number of hydrogen-bond donors (Lipinski definition) is 8. The van der Waals surface area contributed by atoms with Crippen LogP contribution in [0, 0.1) is 23.2 Å². The molecule has 1 aromatic heterocycles. The van der Waals surface area contributed by atoms with Crippen LogP contribution in [0.3, 0.4) is 0 Å². The number of nitrogens with one attached hydrogen (secondary N) is 1. The molecular formula is C60H101N4O20P. The minimum Gasteiger partial charge on any atom is -0.448 e. The Morgan fingerprint density at radius 2 is 1.58 bits per heavy atom. The normalized spacial score (nSPS) is 30.8. The van der Waals surface area contributed by atoms with Crippen molar-refractivity contribution in [3.63, 3.8) is 0 Å². The molecule has 3 saturated heterocycles. The monoisotopic (exact) mass is 1230 g/mol. The summed E-state index contributed by atoms with van der Waals surface area (Å²) < 4.78 is 81.1. The van der Waals surface area contributed by atoms with Crippen molar-refractivity contribution in [3.8, 4) is 0 Å². The van der Waals surface area contributed by atoms with Gasteiger partial charge >= 0.3 is 7.82 Å². The molecule has 1 spiro atoms. The SMILES string of the molecule is COCC([C@H](O)[C@H](O)C(=O)N[C@H](C)C[C@H](C)c1nc(/C=C/C[C@@H]2OC3(C[C@H](OC4OC(C)C(OC)C(OC)C4OC)[C@@H]2C)O[C@H]([C@H](C[C@H](O)[C@H](C)[C@H](O)[C@H](C)/C=C(C)/C(C)=C/C=C/C(C)=C\C(N)=O)OC)[C@H](OP(=O)(O)O)C3(C)C)co1)N(C)C. The molecule has 1 aromatic rings. The lowest BCUT2D eigenvalue weighted by Crippen LogP contribution is -2.62.